The molecule has 0 unspecified atom stereocenters. The molecule has 0 aromatic heterocycles. The fourth-order valence-electron chi connectivity index (χ4n) is 8.79. The van der Waals surface area contributed by atoms with E-state index in [1.54, 1.807) is 22.3 Å². The summed E-state index contributed by atoms with van der Waals surface area (Å²) in [5.41, 5.74) is 15.4. The zero-order valence-electron chi connectivity index (χ0n) is 28.5. The van der Waals surface area contributed by atoms with Crippen LogP contribution in [0.5, 0.6) is 0 Å². The third-order valence-electron chi connectivity index (χ3n) is 11.3. The molecule has 50 heavy (non-hydrogen) atoms. The van der Waals surface area contributed by atoms with E-state index in [9.17, 15) is 0 Å². The standard InChI is InChI=1S/C26H24.C22H14I2/c1-3-21-23-13-17-9-5-7-11-19(17)15-25(23)22(4-2)26-16-20-12-8-6-10-18(20)14-24(21)26;23-21-17-9-13-5-1-2-6-14(13)10-18(17)22(24)20-12-16-8-4-3-7-15(16)11-19(20)21/h5-13,15H,3-4,14,16H2,1-2H3;1-10H,11-12H2. The Hall–Kier alpha value is -3.74. The molecule has 0 fully saturated rings. The highest BCUT2D eigenvalue weighted by Gasteiger charge is 2.24. The monoisotopic (exact) mass is 868 g/mol. The highest BCUT2D eigenvalue weighted by Crippen LogP contribution is 2.41. The van der Waals surface area contributed by atoms with Crippen LogP contribution in [-0.2, 0) is 38.5 Å². The van der Waals surface area contributed by atoms with Gasteiger partial charge in [-0.05, 0) is 207 Å². The van der Waals surface area contributed by atoms with Crippen molar-refractivity contribution in [2.45, 2.75) is 52.4 Å². The van der Waals surface area contributed by atoms with Crippen LogP contribution < -0.4 is 0 Å². The Labute approximate surface area is 322 Å². The molecule has 0 atom stereocenters. The van der Waals surface area contributed by atoms with Gasteiger partial charge in [0.2, 0.25) is 0 Å². The number of fused-ring (bicyclic) bond motifs is 8. The molecule has 0 nitrogen and oxygen atoms in total. The molecular formula is C48H38I2. The first-order valence-corrected chi connectivity index (χ1v) is 20.1. The maximum atomic E-state index is 2.57. The van der Waals surface area contributed by atoms with Crippen LogP contribution in [-0.4, -0.2) is 0 Å². The summed E-state index contributed by atoms with van der Waals surface area (Å²) in [6, 6.07) is 45.0. The predicted octanol–water partition coefficient (Wildman–Crippen LogP) is 13.3. The summed E-state index contributed by atoms with van der Waals surface area (Å²) in [5, 5.41) is 11.1. The lowest BCUT2D eigenvalue weighted by Gasteiger charge is -2.27. The van der Waals surface area contributed by atoms with E-state index in [-0.39, 0.29) is 0 Å². The fraction of sp³-hybridized carbons (Fsp3) is 0.167. The van der Waals surface area contributed by atoms with E-state index in [0.717, 1.165) is 38.5 Å². The first kappa shape index (κ1) is 32.2. The maximum absolute atomic E-state index is 2.57. The number of benzene rings is 8. The number of aryl methyl sites for hydroxylation is 2. The van der Waals surface area contributed by atoms with Crippen molar-refractivity contribution in [2.24, 2.45) is 0 Å². The lowest BCUT2D eigenvalue weighted by Crippen LogP contribution is -2.13. The van der Waals surface area contributed by atoms with E-state index in [1.807, 2.05) is 0 Å². The Morgan fingerprint density at radius 1 is 0.380 bits per heavy atom. The van der Waals surface area contributed by atoms with Gasteiger partial charge in [0.1, 0.15) is 0 Å². The molecule has 2 heteroatoms. The van der Waals surface area contributed by atoms with Crippen LogP contribution in [0.4, 0.5) is 0 Å². The van der Waals surface area contributed by atoms with Crippen LogP contribution in [0.3, 0.4) is 0 Å². The summed E-state index contributed by atoms with van der Waals surface area (Å²) >= 11 is 5.13. The zero-order valence-corrected chi connectivity index (χ0v) is 32.9. The third kappa shape index (κ3) is 5.36. The number of halogens is 2. The molecule has 10 rings (SSSR count). The Bertz CT molecular complexity index is 2460. The van der Waals surface area contributed by atoms with E-state index in [1.165, 1.54) is 83.6 Å². The SMILES string of the molecule is CCc1c2c(c(CC)c3cc4ccccc4cc13)Cc1ccccc1C2.Ic1c2c(c(I)c3cc4ccccc4cc13)Cc1ccccc1C2. The van der Waals surface area contributed by atoms with Crippen molar-refractivity contribution in [3.8, 4) is 0 Å². The Kier molecular flexibility index (Phi) is 8.43. The molecule has 8 aromatic carbocycles. The summed E-state index contributed by atoms with van der Waals surface area (Å²) < 4.78 is 2.86. The summed E-state index contributed by atoms with van der Waals surface area (Å²) in [6.45, 7) is 4.63. The minimum absolute atomic E-state index is 1.06. The van der Waals surface area contributed by atoms with Gasteiger partial charge in [-0.2, -0.15) is 0 Å². The van der Waals surface area contributed by atoms with Crippen LogP contribution in [0, 0.1) is 7.14 Å². The fourth-order valence-corrected chi connectivity index (χ4v) is 10.7. The van der Waals surface area contributed by atoms with Gasteiger partial charge in [0.05, 0.1) is 0 Å². The molecule has 0 spiro atoms. The van der Waals surface area contributed by atoms with Crippen LogP contribution in [0.15, 0.2) is 121 Å². The number of hydrogen-bond acceptors (Lipinski definition) is 0. The van der Waals surface area contributed by atoms with Crippen LogP contribution in [0.25, 0.3) is 43.1 Å². The smallest absolute Gasteiger partial charge is 0.0248 e. The lowest BCUT2D eigenvalue weighted by atomic mass is 9.77. The molecule has 2 aliphatic carbocycles. The number of rotatable bonds is 2. The molecule has 0 radical (unpaired) electrons. The topological polar surface area (TPSA) is 0 Å². The molecule has 0 N–H and O–H groups in total. The molecule has 0 aliphatic heterocycles. The van der Waals surface area contributed by atoms with Gasteiger partial charge in [-0.25, -0.2) is 0 Å². The third-order valence-corrected chi connectivity index (χ3v) is 13.8. The van der Waals surface area contributed by atoms with Crippen LogP contribution >= 0.6 is 45.2 Å². The average molecular weight is 869 g/mol. The van der Waals surface area contributed by atoms with Crippen molar-refractivity contribution in [1.82, 2.24) is 0 Å². The number of hydrogen-bond donors (Lipinski definition) is 0. The quantitative estimate of drug-likeness (QED) is 0.120. The Morgan fingerprint density at radius 2 is 0.660 bits per heavy atom. The minimum atomic E-state index is 1.06. The highest BCUT2D eigenvalue weighted by atomic mass is 127. The second-order valence-corrected chi connectivity index (χ2v) is 16.1. The average Bonchev–Trinajstić information content (AvgIpc) is 3.16. The van der Waals surface area contributed by atoms with Gasteiger partial charge < -0.3 is 0 Å². The van der Waals surface area contributed by atoms with Gasteiger partial charge in [0, 0.05) is 7.14 Å². The van der Waals surface area contributed by atoms with Crippen molar-refractivity contribution in [2.75, 3.05) is 0 Å². The second-order valence-electron chi connectivity index (χ2n) is 13.9. The van der Waals surface area contributed by atoms with E-state index >= 15 is 0 Å². The molecule has 0 saturated heterocycles. The summed E-state index contributed by atoms with van der Waals surface area (Å²) in [7, 11) is 0. The van der Waals surface area contributed by atoms with Gasteiger partial charge in [0.25, 0.3) is 0 Å². The zero-order chi connectivity index (χ0) is 33.9. The summed E-state index contributed by atoms with van der Waals surface area (Å²) in [4.78, 5) is 0. The van der Waals surface area contributed by atoms with Gasteiger partial charge in [-0.1, -0.05) is 111 Å². The maximum Gasteiger partial charge on any atom is 0.0248 e. The minimum Gasteiger partial charge on any atom is -0.0620 e. The van der Waals surface area contributed by atoms with Gasteiger partial charge in [-0.15, -0.1) is 0 Å². The van der Waals surface area contributed by atoms with E-state index < -0.39 is 0 Å². The molecule has 8 aromatic rings. The molecule has 0 heterocycles. The molecule has 244 valence electrons. The molecular weight excluding hydrogens is 830 g/mol. The first-order valence-electron chi connectivity index (χ1n) is 17.9. The van der Waals surface area contributed by atoms with Crippen molar-refractivity contribution in [3.05, 3.63) is 184 Å². The van der Waals surface area contributed by atoms with E-state index in [4.69, 9.17) is 0 Å². The van der Waals surface area contributed by atoms with Crippen LogP contribution in [0.2, 0.25) is 0 Å². The van der Waals surface area contributed by atoms with Gasteiger partial charge in [-0.3, -0.25) is 0 Å². The molecule has 2 aliphatic rings. The highest BCUT2D eigenvalue weighted by molar-refractivity contribution is 14.1. The van der Waals surface area contributed by atoms with Crippen molar-refractivity contribution in [3.63, 3.8) is 0 Å². The predicted molar refractivity (Wildman–Crippen MR) is 231 cm³/mol. The largest absolute Gasteiger partial charge is 0.0620 e. The Morgan fingerprint density at radius 3 is 0.980 bits per heavy atom. The summed E-state index contributed by atoms with van der Waals surface area (Å²) in [5.74, 6) is 0. The van der Waals surface area contributed by atoms with Gasteiger partial charge >= 0.3 is 0 Å². The van der Waals surface area contributed by atoms with Crippen molar-refractivity contribution < 1.29 is 0 Å². The van der Waals surface area contributed by atoms with E-state index in [2.05, 4.69) is 180 Å². The first-order chi connectivity index (χ1) is 24.5. The summed E-state index contributed by atoms with van der Waals surface area (Å²) in [6.07, 6.45) is 6.49. The van der Waals surface area contributed by atoms with E-state index in [0.29, 0.717) is 0 Å². The normalized spacial score (nSPS) is 13.0. The molecule has 0 bridgehead atoms. The molecule has 0 amide bonds. The lowest BCUT2D eigenvalue weighted by molar-refractivity contribution is 0.941. The van der Waals surface area contributed by atoms with Gasteiger partial charge in [0.15, 0.2) is 0 Å². The van der Waals surface area contributed by atoms with Crippen molar-refractivity contribution >= 4 is 88.3 Å². The van der Waals surface area contributed by atoms with Crippen LogP contribution in [0.1, 0.15) is 69.5 Å². The Balaban J connectivity index is 0.000000135. The second kappa shape index (κ2) is 13.1. The molecule has 0 saturated carbocycles. The van der Waals surface area contributed by atoms with Crippen molar-refractivity contribution in [1.29, 1.82) is 0 Å².